The molecule has 1 aliphatic heterocycles. The maximum absolute atomic E-state index is 5.64. The number of ether oxygens (including phenoxy) is 4. The molecule has 1 heterocycles. The van der Waals surface area contributed by atoms with Crippen LogP contribution in [-0.2, 0) is 18.9 Å². The van der Waals surface area contributed by atoms with Crippen LogP contribution in [0.3, 0.4) is 0 Å². The van der Waals surface area contributed by atoms with E-state index in [1.807, 2.05) is 0 Å². The second-order valence-corrected chi connectivity index (χ2v) is 7.31. The Kier molecular flexibility index (Phi) is 9.67. The molecule has 0 aromatic rings. The lowest BCUT2D eigenvalue weighted by atomic mass is 9.79. The molecule has 0 aromatic heterocycles. The van der Waals surface area contributed by atoms with Gasteiger partial charge in [-0.05, 0) is 19.3 Å². The molecule has 23 heavy (non-hydrogen) atoms. The number of hydrogen-bond acceptors (Lipinski definition) is 4. The number of methoxy groups -OCH3 is 3. The van der Waals surface area contributed by atoms with Crippen molar-refractivity contribution in [2.75, 3.05) is 34.5 Å². The highest BCUT2D eigenvalue weighted by Crippen LogP contribution is 2.38. The zero-order valence-corrected chi connectivity index (χ0v) is 16.0. The van der Waals surface area contributed by atoms with Crippen LogP contribution in [0, 0.1) is 11.3 Å². The van der Waals surface area contributed by atoms with Crippen LogP contribution in [0.4, 0.5) is 0 Å². The summed E-state index contributed by atoms with van der Waals surface area (Å²) in [5.74, 6) is -0.657. The fraction of sp³-hybridized carbons (Fsp3) is 1.00. The number of hydrogen-bond donors (Lipinski definition) is 0. The molecule has 1 atom stereocenters. The maximum Gasteiger partial charge on any atom is 0.285 e. The molecule has 1 fully saturated rings. The predicted octanol–water partition coefficient (Wildman–Crippen LogP) is 4.76. The quantitative estimate of drug-likeness (QED) is 0.340. The third-order valence-electron chi connectivity index (χ3n) is 5.26. The van der Waals surface area contributed by atoms with Crippen LogP contribution in [-0.4, -0.2) is 40.5 Å². The number of unbranched alkanes of at least 4 members (excludes halogenated alkanes) is 5. The molecule has 0 aromatic carbocycles. The predicted molar refractivity (Wildman–Crippen MR) is 93.4 cm³/mol. The van der Waals surface area contributed by atoms with Gasteiger partial charge in [-0.15, -0.1) is 0 Å². The van der Waals surface area contributed by atoms with E-state index < -0.39 is 5.97 Å². The average molecular weight is 331 g/mol. The van der Waals surface area contributed by atoms with Crippen molar-refractivity contribution in [1.82, 2.24) is 0 Å². The van der Waals surface area contributed by atoms with Crippen LogP contribution < -0.4 is 0 Å². The van der Waals surface area contributed by atoms with Gasteiger partial charge in [0.25, 0.3) is 5.97 Å². The Morgan fingerprint density at radius 1 is 0.913 bits per heavy atom. The van der Waals surface area contributed by atoms with E-state index in [1.54, 1.807) is 21.3 Å². The lowest BCUT2D eigenvalue weighted by Crippen LogP contribution is -2.46. The summed E-state index contributed by atoms with van der Waals surface area (Å²) in [4.78, 5) is 0. The first kappa shape index (κ1) is 20.9. The van der Waals surface area contributed by atoms with Gasteiger partial charge >= 0.3 is 0 Å². The van der Waals surface area contributed by atoms with Gasteiger partial charge in [0.05, 0.1) is 13.2 Å². The van der Waals surface area contributed by atoms with Crippen LogP contribution in [0.1, 0.15) is 71.6 Å². The van der Waals surface area contributed by atoms with Crippen LogP contribution in [0.25, 0.3) is 0 Å². The summed E-state index contributed by atoms with van der Waals surface area (Å²) in [7, 11) is 5.03. The first-order chi connectivity index (χ1) is 11.1. The van der Waals surface area contributed by atoms with Gasteiger partial charge < -0.3 is 18.9 Å². The highest BCUT2D eigenvalue weighted by Gasteiger charge is 2.42. The minimum atomic E-state index is -0.912. The van der Waals surface area contributed by atoms with E-state index in [2.05, 4.69) is 13.8 Å². The van der Waals surface area contributed by atoms with Gasteiger partial charge in [0.1, 0.15) is 0 Å². The zero-order valence-electron chi connectivity index (χ0n) is 16.0. The minimum absolute atomic E-state index is 0.256. The topological polar surface area (TPSA) is 36.9 Å². The Balaban J connectivity index is 2.49. The average Bonchev–Trinajstić information content (AvgIpc) is 2.55. The first-order valence-corrected chi connectivity index (χ1v) is 9.29. The maximum atomic E-state index is 5.64. The molecule has 1 rings (SSSR count). The number of rotatable bonds is 14. The normalized spacial score (nSPS) is 18.7. The third kappa shape index (κ3) is 6.33. The second-order valence-electron chi connectivity index (χ2n) is 7.31. The molecule has 0 aliphatic carbocycles. The Morgan fingerprint density at radius 3 is 1.96 bits per heavy atom. The lowest BCUT2D eigenvalue weighted by Gasteiger charge is -2.42. The summed E-state index contributed by atoms with van der Waals surface area (Å²) in [6.45, 7) is 6.30. The van der Waals surface area contributed by atoms with Crippen molar-refractivity contribution in [2.24, 2.45) is 11.3 Å². The van der Waals surface area contributed by atoms with Crippen LogP contribution >= 0.6 is 0 Å². The summed E-state index contributed by atoms with van der Waals surface area (Å²) in [6, 6.07) is 0. The minimum Gasteiger partial charge on any atom is -0.380 e. The summed E-state index contributed by atoms with van der Waals surface area (Å²) in [5.41, 5.74) is 0.320. The molecule has 0 N–H and O–H groups in total. The van der Waals surface area contributed by atoms with Gasteiger partial charge in [0.2, 0.25) is 0 Å². The van der Waals surface area contributed by atoms with E-state index in [0.29, 0.717) is 5.41 Å². The lowest BCUT2D eigenvalue weighted by molar-refractivity contribution is -0.381. The SMILES string of the molecule is CCCCCCCCC(CCC1(C)COC1)C(OC)(OC)OC. The van der Waals surface area contributed by atoms with E-state index in [4.69, 9.17) is 18.9 Å². The van der Waals surface area contributed by atoms with Crippen molar-refractivity contribution in [3.63, 3.8) is 0 Å². The van der Waals surface area contributed by atoms with Crippen molar-refractivity contribution >= 4 is 0 Å². The van der Waals surface area contributed by atoms with E-state index in [0.717, 1.165) is 32.5 Å². The Morgan fingerprint density at radius 2 is 1.48 bits per heavy atom. The van der Waals surface area contributed by atoms with Gasteiger partial charge in [-0.25, -0.2) is 0 Å². The Bertz CT molecular complexity index is 289. The first-order valence-electron chi connectivity index (χ1n) is 9.29. The van der Waals surface area contributed by atoms with Crippen molar-refractivity contribution in [3.8, 4) is 0 Å². The van der Waals surface area contributed by atoms with Crippen molar-refractivity contribution in [2.45, 2.75) is 77.6 Å². The molecule has 4 nitrogen and oxygen atoms in total. The smallest absolute Gasteiger partial charge is 0.285 e. The highest BCUT2D eigenvalue weighted by atomic mass is 16.9. The van der Waals surface area contributed by atoms with E-state index in [9.17, 15) is 0 Å². The summed E-state index contributed by atoms with van der Waals surface area (Å²) < 4.78 is 22.3. The monoisotopic (exact) mass is 330 g/mol. The molecule has 0 radical (unpaired) electrons. The summed E-state index contributed by atoms with van der Waals surface area (Å²) >= 11 is 0. The molecule has 1 aliphatic rings. The third-order valence-corrected chi connectivity index (χ3v) is 5.26. The molecule has 0 spiro atoms. The molecule has 0 bridgehead atoms. The van der Waals surface area contributed by atoms with E-state index in [1.165, 1.54) is 38.5 Å². The van der Waals surface area contributed by atoms with E-state index >= 15 is 0 Å². The molecule has 1 unspecified atom stereocenters. The highest BCUT2D eigenvalue weighted by molar-refractivity contribution is 4.83. The molecular weight excluding hydrogens is 292 g/mol. The van der Waals surface area contributed by atoms with Crippen molar-refractivity contribution in [3.05, 3.63) is 0 Å². The van der Waals surface area contributed by atoms with Gasteiger partial charge in [-0.3, -0.25) is 0 Å². The molecule has 0 amide bonds. The van der Waals surface area contributed by atoms with Gasteiger partial charge in [0.15, 0.2) is 0 Å². The molecule has 1 saturated heterocycles. The molecule has 0 saturated carbocycles. The largest absolute Gasteiger partial charge is 0.380 e. The fourth-order valence-electron chi connectivity index (χ4n) is 3.54. The zero-order chi connectivity index (χ0) is 17.2. The summed E-state index contributed by atoms with van der Waals surface area (Å²) in [6.07, 6.45) is 11.1. The fourth-order valence-corrected chi connectivity index (χ4v) is 3.54. The van der Waals surface area contributed by atoms with Crippen LogP contribution in [0.5, 0.6) is 0 Å². The Labute approximate surface area is 143 Å². The van der Waals surface area contributed by atoms with Crippen LogP contribution in [0.15, 0.2) is 0 Å². The van der Waals surface area contributed by atoms with Crippen molar-refractivity contribution in [1.29, 1.82) is 0 Å². The molecule has 138 valence electrons. The van der Waals surface area contributed by atoms with Gasteiger partial charge in [-0.1, -0.05) is 52.4 Å². The van der Waals surface area contributed by atoms with E-state index in [-0.39, 0.29) is 5.92 Å². The standard InChI is InChI=1S/C19H38O4/c1-6-7-8-9-10-11-12-17(19(20-3,21-4)22-5)13-14-18(2)15-23-16-18/h17H,6-16H2,1-5H3. The van der Waals surface area contributed by atoms with Crippen molar-refractivity contribution < 1.29 is 18.9 Å². The molecular formula is C19H38O4. The van der Waals surface area contributed by atoms with Gasteiger partial charge in [0, 0.05) is 32.7 Å². The van der Waals surface area contributed by atoms with Crippen LogP contribution in [0.2, 0.25) is 0 Å². The second kappa shape index (κ2) is 10.7. The summed E-state index contributed by atoms with van der Waals surface area (Å²) in [5, 5.41) is 0. The Hall–Kier alpha value is -0.160. The van der Waals surface area contributed by atoms with Gasteiger partial charge in [-0.2, -0.15) is 0 Å². The molecule has 4 heteroatoms.